The van der Waals surface area contributed by atoms with Crippen molar-refractivity contribution in [1.29, 1.82) is 0 Å². The standard InChI is InChI=1S/C36H78N2.2BrH/c1-7-9-11-13-15-21-25-29-33-37(3,4)35-31-27-23-19-17-18-20-24-28-32-36-38(5,6)34-30-26-22-16-14-12-10-8-2;;/h7-36H2,1-6H3;2*1H/q+2;;/p-2. The van der Waals surface area contributed by atoms with Crippen molar-refractivity contribution in [3.05, 3.63) is 0 Å². The summed E-state index contributed by atoms with van der Waals surface area (Å²) in [5.74, 6) is 0. The summed E-state index contributed by atoms with van der Waals surface area (Å²) < 4.78 is 2.48. The Bertz CT molecular complexity index is 426. The fourth-order valence-corrected chi connectivity index (χ4v) is 6.06. The third kappa shape index (κ3) is 35.1. The summed E-state index contributed by atoms with van der Waals surface area (Å²) in [6.45, 7) is 10.1. The van der Waals surface area contributed by atoms with Crippen LogP contribution in [0.25, 0.3) is 0 Å². The van der Waals surface area contributed by atoms with Gasteiger partial charge in [-0.25, -0.2) is 0 Å². The van der Waals surface area contributed by atoms with Crippen LogP contribution in [0.4, 0.5) is 0 Å². The Kier molecular flexibility index (Phi) is 37.1. The van der Waals surface area contributed by atoms with Crippen molar-refractivity contribution in [2.24, 2.45) is 0 Å². The minimum absolute atomic E-state index is 0. The molecule has 0 aliphatic carbocycles. The zero-order valence-corrected chi connectivity index (χ0v) is 32.0. The summed E-state index contributed by atoms with van der Waals surface area (Å²) in [7, 11) is 9.82. The molecule has 0 bridgehead atoms. The average molecular weight is 699 g/mol. The third-order valence-corrected chi connectivity index (χ3v) is 9.01. The second-order valence-electron chi connectivity index (χ2n) is 14.3. The van der Waals surface area contributed by atoms with E-state index >= 15 is 0 Å². The summed E-state index contributed by atoms with van der Waals surface area (Å²) in [5, 5.41) is 0. The molecule has 0 aromatic carbocycles. The van der Waals surface area contributed by atoms with E-state index in [1.165, 1.54) is 202 Å². The van der Waals surface area contributed by atoms with Crippen LogP contribution in [0.2, 0.25) is 0 Å². The van der Waals surface area contributed by atoms with Crippen LogP contribution in [0.15, 0.2) is 0 Å². The molecule has 0 heterocycles. The molecule has 0 saturated heterocycles. The minimum Gasteiger partial charge on any atom is -1.00 e. The van der Waals surface area contributed by atoms with Crippen molar-refractivity contribution in [1.82, 2.24) is 0 Å². The summed E-state index contributed by atoms with van der Waals surface area (Å²) in [5.41, 5.74) is 0. The lowest BCUT2D eigenvalue weighted by Crippen LogP contribution is -3.00. The average Bonchev–Trinajstić information content (AvgIpc) is 2.87. The van der Waals surface area contributed by atoms with E-state index in [-0.39, 0.29) is 34.0 Å². The first kappa shape index (κ1) is 45.3. The van der Waals surface area contributed by atoms with Crippen molar-refractivity contribution >= 4 is 0 Å². The first-order chi connectivity index (χ1) is 18.3. The zero-order chi connectivity index (χ0) is 28.2. The van der Waals surface area contributed by atoms with Crippen LogP contribution in [0.5, 0.6) is 0 Å². The first-order valence-corrected chi connectivity index (χ1v) is 18.0. The predicted molar refractivity (Wildman–Crippen MR) is 175 cm³/mol. The fraction of sp³-hybridized carbons (Fsp3) is 1.00. The molecule has 0 aliphatic rings. The Morgan fingerprint density at radius 1 is 0.250 bits per heavy atom. The number of halogens is 2. The van der Waals surface area contributed by atoms with Gasteiger partial charge in [0.15, 0.2) is 0 Å². The van der Waals surface area contributed by atoms with Crippen molar-refractivity contribution in [3.63, 3.8) is 0 Å². The highest BCUT2D eigenvalue weighted by Crippen LogP contribution is 2.15. The van der Waals surface area contributed by atoms with Crippen molar-refractivity contribution < 1.29 is 42.9 Å². The summed E-state index contributed by atoms with van der Waals surface area (Å²) in [6.07, 6.45) is 37.6. The van der Waals surface area contributed by atoms with Gasteiger partial charge in [-0.1, -0.05) is 129 Å². The molecule has 246 valence electrons. The molecular weight excluding hydrogens is 620 g/mol. The lowest BCUT2D eigenvalue weighted by Gasteiger charge is -2.30. The predicted octanol–water partition coefficient (Wildman–Crippen LogP) is 5.33. The molecule has 0 rings (SSSR count). The molecule has 0 N–H and O–H groups in total. The Hall–Kier alpha value is 0.880. The molecule has 0 unspecified atom stereocenters. The van der Waals surface area contributed by atoms with Gasteiger partial charge in [0.1, 0.15) is 0 Å². The molecule has 0 aromatic rings. The van der Waals surface area contributed by atoms with E-state index in [2.05, 4.69) is 42.0 Å². The Balaban J connectivity index is -0.00000684. The fourth-order valence-electron chi connectivity index (χ4n) is 6.06. The second-order valence-corrected chi connectivity index (χ2v) is 14.3. The first-order valence-electron chi connectivity index (χ1n) is 18.0. The maximum absolute atomic E-state index is 2.46. The maximum atomic E-state index is 2.46. The van der Waals surface area contributed by atoms with E-state index in [0.717, 1.165) is 0 Å². The van der Waals surface area contributed by atoms with Crippen LogP contribution >= 0.6 is 0 Å². The Morgan fingerprint density at radius 2 is 0.400 bits per heavy atom. The molecule has 0 aliphatic heterocycles. The van der Waals surface area contributed by atoms with Gasteiger partial charge < -0.3 is 42.9 Å². The summed E-state index contributed by atoms with van der Waals surface area (Å²) in [6, 6.07) is 0. The van der Waals surface area contributed by atoms with Gasteiger partial charge in [0.05, 0.1) is 54.4 Å². The molecule has 0 fully saturated rings. The highest BCUT2D eigenvalue weighted by atomic mass is 79.9. The van der Waals surface area contributed by atoms with Gasteiger partial charge in [0, 0.05) is 0 Å². The topological polar surface area (TPSA) is 0 Å². The van der Waals surface area contributed by atoms with Crippen LogP contribution in [-0.2, 0) is 0 Å². The molecule has 0 amide bonds. The molecule has 0 aromatic heterocycles. The SMILES string of the molecule is CCCCCCCCCC[N+](C)(C)CCCCCCCCCCCC[N+](C)(C)CCCCCCCCCC.[Br-].[Br-]. The molecule has 0 radical (unpaired) electrons. The highest BCUT2D eigenvalue weighted by Gasteiger charge is 2.14. The van der Waals surface area contributed by atoms with Gasteiger partial charge in [-0.05, 0) is 51.4 Å². The smallest absolute Gasteiger partial charge is 0.0782 e. The molecule has 4 heteroatoms. The summed E-state index contributed by atoms with van der Waals surface area (Å²) in [4.78, 5) is 0. The molecule has 0 saturated carbocycles. The monoisotopic (exact) mass is 696 g/mol. The van der Waals surface area contributed by atoms with Crippen LogP contribution in [-0.4, -0.2) is 63.3 Å². The van der Waals surface area contributed by atoms with Gasteiger partial charge in [-0.2, -0.15) is 0 Å². The summed E-state index contributed by atoms with van der Waals surface area (Å²) >= 11 is 0. The molecule has 0 spiro atoms. The van der Waals surface area contributed by atoms with E-state index < -0.39 is 0 Å². The van der Waals surface area contributed by atoms with E-state index in [1.807, 2.05) is 0 Å². The molecular formula is C36H78Br2N2. The van der Waals surface area contributed by atoms with Crippen molar-refractivity contribution in [3.8, 4) is 0 Å². The quantitative estimate of drug-likeness (QED) is 0.0679. The third-order valence-electron chi connectivity index (χ3n) is 9.01. The minimum atomic E-state index is 0. The number of unbranched alkanes of at least 4 members (excludes halogenated alkanes) is 23. The van der Waals surface area contributed by atoms with Crippen molar-refractivity contribution in [2.75, 3.05) is 54.4 Å². The van der Waals surface area contributed by atoms with Gasteiger partial charge in [0.2, 0.25) is 0 Å². The van der Waals surface area contributed by atoms with Gasteiger partial charge >= 0.3 is 0 Å². The number of hydrogen-bond donors (Lipinski definition) is 0. The number of rotatable bonds is 31. The van der Waals surface area contributed by atoms with Crippen LogP contribution in [0, 0.1) is 0 Å². The van der Waals surface area contributed by atoms with Gasteiger partial charge in [-0.15, -0.1) is 0 Å². The van der Waals surface area contributed by atoms with Gasteiger partial charge in [-0.3, -0.25) is 0 Å². The molecule has 40 heavy (non-hydrogen) atoms. The van der Waals surface area contributed by atoms with E-state index in [0.29, 0.717) is 0 Å². The molecule has 0 atom stereocenters. The van der Waals surface area contributed by atoms with Crippen LogP contribution in [0.1, 0.15) is 181 Å². The normalized spacial score (nSPS) is 11.8. The maximum Gasteiger partial charge on any atom is 0.0782 e. The number of nitrogens with zero attached hydrogens (tertiary/aromatic N) is 2. The zero-order valence-electron chi connectivity index (χ0n) is 28.9. The van der Waals surface area contributed by atoms with Crippen molar-refractivity contribution in [2.45, 2.75) is 181 Å². The van der Waals surface area contributed by atoms with E-state index in [9.17, 15) is 0 Å². The highest BCUT2D eigenvalue weighted by molar-refractivity contribution is 4.51. The second kappa shape index (κ2) is 32.8. The largest absolute Gasteiger partial charge is 1.00 e. The Morgan fingerprint density at radius 3 is 0.575 bits per heavy atom. The number of quaternary nitrogens is 2. The Labute approximate surface area is 276 Å². The lowest BCUT2D eigenvalue weighted by atomic mass is 10.1. The van der Waals surface area contributed by atoms with E-state index in [1.54, 1.807) is 0 Å². The van der Waals surface area contributed by atoms with Gasteiger partial charge in [0.25, 0.3) is 0 Å². The van der Waals surface area contributed by atoms with E-state index in [4.69, 9.17) is 0 Å². The number of hydrogen-bond acceptors (Lipinski definition) is 0. The lowest BCUT2D eigenvalue weighted by molar-refractivity contribution is -0.890. The van der Waals surface area contributed by atoms with Crippen LogP contribution in [0.3, 0.4) is 0 Å². The van der Waals surface area contributed by atoms with Crippen LogP contribution < -0.4 is 34.0 Å². The molecule has 2 nitrogen and oxygen atoms in total.